The fourth-order valence-electron chi connectivity index (χ4n) is 2.37. The van der Waals surface area contributed by atoms with Crippen LogP contribution in [0.4, 0.5) is 0 Å². The zero-order valence-electron chi connectivity index (χ0n) is 18.6. The smallest absolute Gasteiger partial charge is 0.350 e. The van der Waals surface area contributed by atoms with Crippen molar-refractivity contribution in [3.63, 3.8) is 0 Å². The first-order valence-electron chi connectivity index (χ1n) is 9.73. The van der Waals surface area contributed by atoms with Crippen molar-refractivity contribution in [1.29, 1.82) is 0 Å². The van der Waals surface area contributed by atoms with Crippen molar-refractivity contribution in [2.24, 2.45) is 0 Å². The summed E-state index contributed by atoms with van der Waals surface area (Å²) in [6.07, 6.45) is 1.53. The fraction of sp³-hybridized carbons (Fsp3) is 0.524. The van der Waals surface area contributed by atoms with Crippen LogP contribution in [-0.4, -0.2) is 73.4 Å². The van der Waals surface area contributed by atoms with Gasteiger partial charge in [-0.15, -0.1) is 0 Å². The van der Waals surface area contributed by atoms with Crippen LogP contribution < -0.4 is 0 Å². The van der Waals surface area contributed by atoms with Gasteiger partial charge >= 0.3 is 35.8 Å². The Kier molecular flexibility index (Phi) is 9.76. The van der Waals surface area contributed by atoms with E-state index in [-0.39, 0.29) is 18.8 Å². The van der Waals surface area contributed by atoms with Crippen LogP contribution in [0.25, 0.3) is 0 Å². The molecule has 2 atom stereocenters. The van der Waals surface area contributed by atoms with Crippen molar-refractivity contribution in [2.75, 3.05) is 26.4 Å². The SMILES string of the molecule is C=C(C)C(=O)OCC(=O)OC1(C)CCOC1=O.C=CC(=O)OCC(=O)OC1(C)CCOC1=O. The molecule has 0 spiro atoms. The van der Waals surface area contributed by atoms with Crippen LogP contribution in [-0.2, 0) is 57.2 Å². The molecule has 182 valence electrons. The number of rotatable bonds is 8. The highest BCUT2D eigenvalue weighted by molar-refractivity contribution is 5.89. The van der Waals surface area contributed by atoms with Gasteiger partial charge in [-0.1, -0.05) is 13.2 Å². The lowest BCUT2D eigenvalue weighted by atomic mass is 10.1. The van der Waals surface area contributed by atoms with Gasteiger partial charge in [0.25, 0.3) is 0 Å². The highest BCUT2D eigenvalue weighted by Crippen LogP contribution is 2.25. The summed E-state index contributed by atoms with van der Waals surface area (Å²) in [5.74, 6) is -4.16. The van der Waals surface area contributed by atoms with Gasteiger partial charge in [-0.3, -0.25) is 0 Å². The summed E-state index contributed by atoms with van der Waals surface area (Å²) in [6.45, 7) is 10.2. The molecule has 0 amide bonds. The van der Waals surface area contributed by atoms with Gasteiger partial charge in [-0.2, -0.15) is 0 Å². The van der Waals surface area contributed by atoms with Crippen molar-refractivity contribution in [2.45, 2.75) is 44.8 Å². The zero-order chi connectivity index (χ0) is 25.2. The van der Waals surface area contributed by atoms with E-state index in [1.165, 1.54) is 20.8 Å². The molecule has 2 aliphatic heterocycles. The Bertz CT molecular complexity index is 844. The summed E-state index contributed by atoms with van der Waals surface area (Å²) >= 11 is 0. The Labute approximate surface area is 189 Å². The summed E-state index contributed by atoms with van der Waals surface area (Å²) in [6, 6.07) is 0. The van der Waals surface area contributed by atoms with Crippen molar-refractivity contribution < 1.29 is 57.2 Å². The van der Waals surface area contributed by atoms with Crippen molar-refractivity contribution in [3.8, 4) is 0 Å². The lowest BCUT2D eigenvalue weighted by molar-refractivity contribution is -0.175. The Balaban J connectivity index is 0.000000331. The molecule has 2 saturated heterocycles. The quantitative estimate of drug-likeness (QED) is 0.272. The first-order chi connectivity index (χ1) is 15.3. The summed E-state index contributed by atoms with van der Waals surface area (Å²) in [7, 11) is 0. The summed E-state index contributed by atoms with van der Waals surface area (Å²) < 4.78 is 28.2. The number of hydrogen-bond acceptors (Lipinski definition) is 12. The molecule has 0 aromatic rings. The molecule has 33 heavy (non-hydrogen) atoms. The minimum Gasteiger partial charge on any atom is -0.463 e. The molecule has 12 nitrogen and oxygen atoms in total. The average Bonchev–Trinajstić information content (AvgIpc) is 3.25. The molecule has 0 aromatic heterocycles. The number of ether oxygens (including phenoxy) is 6. The second-order valence-corrected chi connectivity index (χ2v) is 7.35. The third-order valence-corrected chi connectivity index (χ3v) is 4.33. The molecule has 2 rings (SSSR count). The third kappa shape index (κ3) is 8.39. The topological polar surface area (TPSA) is 158 Å². The second-order valence-electron chi connectivity index (χ2n) is 7.35. The van der Waals surface area contributed by atoms with Crippen molar-refractivity contribution >= 4 is 35.8 Å². The number of carbonyl (C=O) groups excluding carboxylic acids is 6. The van der Waals surface area contributed by atoms with Gasteiger partial charge < -0.3 is 28.4 Å². The largest absolute Gasteiger partial charge is 0.463 e. The lowest BCUT2D eigenvalue weighted by Crippen LogP contribution is -2.37. The van der Waals surface area contributed by atoms with E-state index in [1.807, 2.05) is 0 Å². The highest BCUT2D eigenvalue weighted by Gasteiger charge is 2.44. The first kappa shape index (κ1) is 27.3. The third-order valence-electron chi connectivity index (χ3n) is 4.33. The van der Waals surface area contributed by atoms with Gasteiger partial charge in [0.2, 0.25) is 11.2 Å². The van der Waals surface area contributed by atoms with Crippen LogP contribution in [0, 0.1) is 0 Å². The van der Waals surface area contributed by atoms with E-state index in [4.69, 9.17) is 14.2 Å². The molecule has 0 bridgehead atoms. The Morgan fingerprint density at radius 3 is 1.67 bits per heavy atom. The van der Waals surface area contributed by atoms with E-state index in [9.17, 15) is 28.8 Å². The van der Waals surface area contributed by atoms with Crippen LogP contribution >= 0.6 is 0 Å². The molecular formula is C21H26O12. The molecular weight excluding hydrogens is 444 g/mol. The molecule has 2 aliphatic rings. The van der Waals surface area contributed by atoms with E-state index >= 15 is 0 Å². The van der Waals surface area contributed by atoms with Gasteiger partial charge in [-0.25, -0.2) is 28.8 Å². The number of carbonyl (C=O) groups is 6. The molecule has 0 N–H and O–H groups in total. The normalized spacial score (nSPS) is 23.1. The molecule has 0 aliphatic carbocycles. The average molecular weight is 470 g/mol. The summed E-state index contributed by atoms with van der Waals surface area (Å²) in [5.41, 5.74) is -2.35. The minimum absolute atomic E-state index is 0.185. The van der Waals surface area contributed by atoms with E-state index in [1.54, 1.807) is 0 Å². The maximum atomic E-state index is 11.3. The number of cyclic esters (lactones) is 2. The molecule has 0 aromatic carbocycles. The standard InChI is InChI=1S/C11H14O6.C10H12O6/c1-7(2)9(13)16-6-8(12)17-11(3)4-5-15-10(11)14;1-3-7(11)15-6-8(12)16-10(2)4-5-14-9(10)13/h1,4-6H2,2-3H3;3H,1,4-6H2,2H3. The van der Waals surface area contributed by atoms with E-state index in [0.29, 0.717) is 12.8 Å². The predicted octanol–water partition coefficient (Wildman–Crippen LogP) is 0.319. The first-order valence-corrected chi connectivity index (χ1v) is 9.73. The van der Waals surface area contributed by atoms with Gasteiger partial charge in [-0.05, 0) is 20.8 Å². The van der Waals surface area contributed by atoms with E-state index in [0.717, 1.165) is 6.08 Å². The van der Waals surface area contributed by atoms with Crippen LogP contribution in [0.2, 0.25) is 0 Å². The zero-order valence-corrected chi connectivity index (χ0v) is 18.6. The molecule has 2 unspecified atom stereocenters. The Morgan fingerprint density at radius 2 is 1.33 bits per heavy atom. The molecule has 0 saturated carbocycles. The minimum atomic E-state index is -1.27. The van der Waals surface area contributed by atoms with Gasteiger partial charge in [0.1, 0.15) is 0 Å². The van der Waals surface area contributed by atoms with Gasteiger partial charge in [0.05, 0.1) is 13.2 Å². The molecule has 12 heteroatoms. The van der Waals surface area contributed by atoms with Gasteiger partial charge in [0, 0.05) is 24.5 Å². The summed E-state index contributed by atoms with van der Waals surface area (Å²) in [4.78, 5) is 66.7. The maximum Gasteiger partial charge on any atom is 0.350 e. The molecule has 0 radical (unpaired) electrons. The lowest BCUT2D eigenvalue weighted by Gasteiger charge is -2.19. The van der Waals surface area contributed by atoms with E-state index < -0.39 is 60.2 Å². The second kappa shape index (κ2) is 11.8. The Hall–Kier alpha value is -3.70. The van der Waals surface area contributed by atoms with Crippen LogP contribution in [0.5, 0.6) is 0 Å². The van der Waals surface area contributed by atoms with Gasteiger partial charge in [0.15, 0.2) is 13.2 Å². The monoisotopic (exact) mass is 470 g/mol. The van der Waals surface area contributed by atoms with Crippen molar-refractivity contribution in [1.82, 2.24) is 0 Å². The summed E-state index contributed by atoms with van der Waals surface area (Å²) in [5, 5.41) is 0. The predicted molar refractivity (Wildman–Crippen MR) is 107 cm³/mol. The number of esters is 6. The van der Waals surface area contributed by atoms with Crippen LogP contribution in [0.15, 0.2) is 24.8 Å². The molecule has 2 heterocycles. The Morgan fingerprint density at radius 1 is 0.909 bits per heavy atom. The van der Waals surface area contributed by atoms with Crippen LogP contribution in [0.3, 0.4) is 0 Å². The maximum absolute atomic E-state index is 11.3. The highest BCUT2D eigenvalue weighted by atomic mass is 16.6. The van der Waals surface area contributed by atoms with Crippen LogP contribution in [0.1, 0.15) is 33.6 Å². The number of hydrogen-bond donors (Lipinski definition) is 0. The molecule has 2 fully saturated rings. The van der Waals surface area contributed by atoms with E-state index in [2.05, 4.69) is 27.4 Å². The van der Waals surface area contributed by atoms with Crippen molar-refractivity contribution in [3.05, 3.63) is 24.8 Å². The fourth-order valence-corrected chi connectivity index (χ4v) is 2.37.